The quantitative estimate of drug-likeness (QED) is 0.666. The first-order valence-electron chi connectivity index (χ1n) is 7.09. The van der Waals surface area contributed by atoms with Crippen molar-refractivity contribution in [2.45, 2.75) is 13.8 Å². The summed E-state index contributed by atoms with van der Waals surface area (Å²) in [4.78, 5) is 24.0. The normalized spacial score (nSPS) is 11.8. The summed E-state index contributed by atoms with van der Waals surface area (Å²) in [5.74, 6) is -2.75. The molecule has 0 radical (unpaired) electrons. The minimum absolute atomic E-state index is 0.130. The molecule has 124 valence electrons. The van der Waals surface area contributed by atoms with Crippen LogP contribution >= 0.6 is 0 Å². The highest BCUT2D eigenvalue weighted by Gasteiger charge is 2.23. The number of hydrogen-bond acceptors (Lipinski definition) is 2. The molecule has 0 saturated heterocycles. The molecule has 4 nitrogen and oxygen atoms in total. The molecule has 0 aliphatic carbocycles. The summed E-state index contributed by atoms with van der Waals surface area (Å²) in [6.45, 7) is 3.16. The highest BCUT2D eigenvalue weighted by Crippen LogP contribution is 2.30. The minimum atomic E-state index is -0.887. The molecule has 24 heavy (non-hydrogen) atoms. The van der Waals surface area contributed by atoms with Crippen LogP contribution in [0, 0.1) is 25.5 Å². The highest BCUT2D eigenvalue weighted by atomic mass is 19.1. The van der Waals surface area contributed by atoms with Crippen molar-refractivity contribution < 1.29 is 18.4 Å². The van der Waals surface area contributed by atoms with Gasteiger partial charge in [0.1, 0.15) is 11.6 Å². The number of nitrogens with two attached hydrogens (primary N) is 2. The van der Waals surface area contributed by atoms with Gasteiger partial charge < -0.3 is 11.5 Å². The summed E-state index contributed by atoms with van der Waals surface area (Å²) in [5, 5.41) is 0. The third-order valence-corrected chi connectivity index (χ3v) is 3.66. The zero-order valence-electron chi connectivity index (χ0n) is 13.2. The molecule has 0 bridgehead atoms. The zero-order valence-corrected chi connectivity index (χ0v) is 13.2. The third-order valence-electron chi connectivity index (χ3n) is 3.66. The summed E-state index contributed by atoms with van der Waals surface area (Å²) >= 11 is 0. The molecule has 4 N–H and O–H groups in total. The largest absolute Gasteiger partial charge is 0.366 e. The molecule has 0 aromatic heterocycles. The summed E-state index contributed by atoms with van der Waals surface area (Å²) in [6.07, 6.45) is 0. The average Bonchev–Trinajstić information content (AvgIpc) is 2.46. The second kappa shape index (κ2) is 6.62. The van der Waals surface area contributed by atoms with Crippen molar-refractivity contribution in [3.05, 3.63) is 70.3 Å². The van der Waals surface area contributed by atoms with E-state index in [4.69, 9.17) is 11.5 Å². The Bertz CT molecular complexity index is 802. The Morgan fingerprint density at radius 2 is 1.08 bits per heavy atom. The number of halogens is 2. The molecule has 0 fully saturated rings. The van der Waals surface area contributed by atoms with Gasteiger partial charge in [-0.1, -0.05) is 12.1 Å². The van der Waals surface area contributed by atoms with Gasteiger partial charge in [-0.2, -0.15) is 0 Å². The maximum Gasteiger partial charge on any atom is 0.250 e. The predicted molar refractivity (Wildman–Crippen MR) is 87.5 cm³/mol. The van der Waals surface area contributed by atoms with E-state index in [2.05, 4.69) is 0 Å². The number of amides is 2. The smallest absolute Gasteiger partial charge is 0.250 e. The van der Waals surface area contributed by atoms with Crippen molar-refractivity contribution in [1.82, 2.24) is 0 Å². The van der Waals surface area contributed by atoms with E-state index in [0.29, 0.717) is 22.3 Å². The average molecular weight is 330 g/mol. The zero-order chi connectivity index (χ0) is 18.0. The molecular formula is C18H16F2N2O2. The number of carbonyl (C=O) groups is 2. The fourth-order valence-corrected chi connectivity index (χ4v) is 2.60. The van der Waals surface area contributed by atoms with Crippen LogP contribution in [-0.4, -0.2) is 11.8 Å². The van der Waals surface area contributed by atoms with Gasteiger partial charge in [-0.15, -0.1) is 0 Å². The van der Waals surface area contributed by atoms with Gasteiger partial charge in [-0.05, 0) is 60.4 Å². The molecule has 6 heteroatoms. The lowest BCUT2D eigenvalue weighted by Crippen LogP contribution is -2.22. The van der Waals surface area contributed by atoms with Gasteiger partial charge in [-0.3, -0.25) is 9.59 Å². The lowest BCUT2D eigenvalue weighted by molar-refractivity contribution is -0.114. The van der Waals surface area contributed by atoms with E-state index in [1.807, 2.05) is 0 Å². The minimum Gasteiger partial charge on any atom is -0.366 e. The highest BCUT2D eigenvalue weighted by molar-refractivity contribution is 6.39. The number of rotatable bonds is 4. The van der Waals surface area contributed by atoms with E-state index < -0.39 is 23.4 Å². The van der Waals surface area contributed by atoms with Gasteiger partial charge in [0.2, 0.25) is 11.8 Å². The van der Waals surface area contributed by atoms with Crippen molar-refractivity contribution in [1.29, 1.82) is 0 Å². The first-order chi connectivity index (χ1) is 11.2. The van der Waals surface area contributed by atoms with Crippen LogP contribution in [0.2, 0.25) is 0 Å². The molecule has 2 rings (SSSR count). The second-order valence-electron chi connectivity index (χ2n) is 5.40. The maximum absolute atomic E-state index is 13.3. The van der Waals surface area contributed by atoms with Crippen LogP contribution in [0.25, 0.3) is 11.1 Å². The van der Waals surface area contributed by atoms with Gasteiger partial charge in [0.05, 0.1) is 11.1 Å². The fourth-order valence-electron chi connectivity index (χ4n) is 2.60. The van der Waals surface area contributed by atoms with Crippen LogP contribution in [0.4, 0.5) is 8.78 Å². The van der Waals surface area contributed by atoms with Crippen molar-refractivity contribution in [2.24, 2.45) is 11.5 Å². The Morgan fingerprint density at radius 3 is 1.33 bits per heavy atom. The predicted octanol–water partition coefficient (Wildman–Crippen LogP) is 2.46. The summed E-state index contributed by atoms with van der Waals surface area (Å²) in [6, 6.07) is 7.45. The van der Waals surface area contributed by atoms with Gasteiger partial charge in [0, 0.05) is 0 Å². The van der Waals surface area contributed by atoms with Gasteiger partial charge in [-0.25, -0.2) is 8.78 Å². The molecule has 2 aromatic carbocycles. The molecule has 0 spiro atoms. The van der Waals surface area contributed by atoms with Gasteiger partial charge >= 0.3 is 0 Å². The molecule has 0 heterocycles. The molecular weight excluding hydrogens is 314 g/mol. The van der Waals surface area contributed by atoms with Crippen LogP contribution < -0.4 is 11.5 Å². The van der Waals surface area contributed by atoms with Crippen LogP contribution in [0.5, 0.6) is 0 Å². The van der Waals surface area contributed by atoms with Gasteiger partial charge in [0.15, 0.2) is 0 Å². The molecule has 2 amide bonds. The topological polar surface area (TPSA) is 86.2 Å². The van der Waals surface area contributed by atoms with Crippen molar-refractivity contribution in [3.8, 4) is 0 Å². The van der Waals surface area contributed by atoms with Crippen molar-refractivity contribution in [2.75, 3.05) is 0 Å². The first-order valence-corrected chi connectivity index (χ1v) is 7.09. The lowest BCUT2D eigenvalue weighted by atomic mass is 9.89. The molecule has 0 saturated carbocycles. The van der Waals surface area contributed by atoms with E-state index in [0.717, 1.165) is 12.1 Å². The van der Waals surface area contributed by atoms with E-state index in [9.17, 15) is 18.4 Å². The van der Waals surface area contributed by atoms with Gasteiger partial charge in [0.25, 0.3) is 0 Å². The summed E-state index contributed by atoms with van der Waals surface area (Å²) in [7, 11) is 0. The maximum atomic E-state index is 13.3. The molecule has 0 aliphatic heterocycles. The van der Waals surface area contributed by atoms with Crippen LogP contribution in [0.3, 0.4) is 0 Å². The Hall–Kier alpha value is -3.02. The van der Waals surface area contributed by atoms with Crippen molar-refractivity contribution in [3.63, 3.8) is 0 Å². The van der Waals surface area contributed by atoms with E-state index in [1.165, 1.54) is 24.3 Å². The number of hydrogen-bond donors (Lipinski definition) is 2. The number of aryl methyl sites for hydroxylation is 2. The molecule has 0 atom stereocenters. The number of benzene rings is 2. The number of carbonyl (C=O) groups excluding carboxylic acids is 2. The lowest BCUT2D eigenvalue weighted by Gasteiger charge is -2.15. The Morgan fingerprint density at radius 1 is 0.750 bits per heavy atom. The Kier molecular flexibility index (Phi) is 4.78. The molecule has 2 aromatic rings. The van der Waals surface area contributed by atoms with E-state index in [1.54, 1.807) is 13.8 Å². The fraction of sp³-hybridized carbons (Fsp3) is 0.111. The summed E-state index contributed by atoms with van der Waals surface area (Å²) < 4.78 is 26.7. The monoisotopic (exact) mass is 330 g/mol. The first kappa shape index (κ1) is 17.3. The Labute approximate surface area is 137 Å². The second-order valence-corrected chi connectivity index (χ2v) is 5.40. The van der Waals surface area contributed by atoms with Crippen LogP contribution in [-0.2, 0) is 9.59 Å². The standard InChI is InChI=1S/C18H16F2N2O2/c1-9-7-11(19)3-5-13(9)15(17(21)23)16(18(22)24)14-6-4-12(20)8-10(14)2/h3-8H,1-2H3,(H2,21,23)(H2,22,24). The molecule has 0 aliphatic rings. The molecule has 0 unspecified atom stereocenters. The van der Waals surface area contributed by atoms with Crippen LogP contribution in [0.15, 0.2) is 36.4 Å². The third kappa shape index (κ3) is 3.32. The summed E-state index contributed by atoms with van der Waals surface area (Å²) in [5.41, 5.74) is 12.1. The van der Waals surface area contributed by atoms with E-state index in [-0.39, 0.29) is 11.1 Å². The van der Waals surface area contributed by atoms with Crippen molar-refractivity contribution >= 4 is 23.0 Å². The number of primary amides is 2. The van der Waals surface area contributed by atoms with Crippen LogP contribution in [0.1, 0.15) is 22.3 Å². The SMILES string of the molecule is Cc1cc(F)ccc1C(C(N)=O)=C(C(N)=O)c1ccc(F)cc1C. The Balaban J connectivity index is 2.87. The van der Waals surface area contributed by atoms with E-state index >= 15 is 0 Å².